The number of carbonyl (C=O) groups excluding carboxylic acids is 2. The van der Waals surface area contributed by atoms with Crippen molar-refractivity contribution < 1.29 is 14.3 Å². The molecule has 1 atom stereocenters. The van der Waals surface area contributed by atoms with E-state index >= 15 is 0 Å². The number of nitrogens with one attached hydrogen (secondary N) is 1. The lowest BCUT2D eigenvalue weighted by Gasteiger charge is -2.38. The topological polar surface area (TPSA) is 86.1 Å². The third-order valence-electron chi connectivity index (χ3n) is 6.17. The molecule has 1 aliphatic heterocycles. The van der Waals surface area contributed by atoms with Gasteiger partial charge in [-0.15, -0.1) is 5.10 Å². The average molecular weight is 475 g/mol. The number of aromatic nitrogens is 3. The number of ether oxygens (including phenoxy) is 1. The van der Waals surface area contributed by atoms with E-state index in [1.54, 1.807) is 36.1 Å². The number of allylic oxidation sites excluding steroid dienone is 2. The minimum atomic E-state index is -0.338. The van der Waals surface area contributed by atoms with Gasteiger partial charge in [-0.05, 0) is 41.7 Å². The third-order valence-corrected chi connectivity index (χ3v) is 7.01. The van der Waals surface area contributed by atoms with Crippen LogP contribution in [0.3, 0.4) is 0 Å². The molecule has 34 heavy (non-hydrogen) atoms. The van der Waals surface area contributed by atoms with E-state index in [2.05, 4.69) is 24.1 Å². The van der Waals surface area contributed by atoms with Crippen LogP contribution < -0.4 is 10.1 Å². The zero-order valence-corrected chi connectivity index (χ0v) is 20.2. The van der Waals surface area contributed by atoms with Gasteiger partial charge in [-0.3, -0.25) is 9.59 Å². The molecule has 8 heteroatoms. The number of carbonyl (C=O) groups is 2. The van der Waals surface area contributed by atoms with E-state index in [0.717, 1.165) is 23.3 Å². The van der Waals surface area contributed by atoms with Crippen molar-refractivity contribution in [3.05, 3.63) is 77.0 Å². The van der Waals surface area contributed by atoms with Gasteiger partial charge in [-0.1, -0.05) is 55.9 Å². The Morgan fingerprint density at radius 2 is 1.88 bits per heavy atom. The normalized spacial score (nSPS) is 18.7. The van der Waals surface area contributed by atoms with Crippen LogP contribution in [-0.4, -0.2) is 39.2 Å². The number of methoxy groups -OCH3 is 1. The van der Waals surface area contributed by atoms with Crippen LogP contribution in [0.25, 0.3) is 0 Å². The zero-order chi connectivity index (χ0) is 23.9. The predicted molar refractivity (Wildman–Crippen MR) is 131 cm³/mol. The zero-order valence-electron chi connectivity index (χ0n) is 19.4. The van der Waals surface area contributed by atoms with Gasteiger partial charge in [0, 0.05) is 23.3 Å². The van der Waals surface area contributed by atoms with E-state index in [0.29, 0.717) is 28.8 Å². The van der Waals surface area contributed by atoms with Gasteiger partial charge in [-0.25, -0.2) is 4.68 Å². The van der Waals surface area contributed by atoms with Gasteiger partial charge in [0.2, 0.25) is 11.1 Å². The van der Waals surface area contributed by atoms with Crippen molar-refractivity contribution in [2.75, 3.05) is 18.2 Å². The number of anilines is 1. The molecule has 5 rings (SSSR count). The second-order valence-electron chi connectivity index (χ2n) is 9.37. The molecule has 1 aliphatic carbocycles. The molecule has 2 heterocycles. The lowest BCUT2D eigenvalue weighted by atomic mass is 9.73. The second kappa shape index (κ2) is 8.76. The number of Topliss-reactive ketones (excluding diaryl/α,β-unsaturated/α-hetero) is 2. The highest BCUT2D eigenvalue weighted by molar-refractivity contribution is 7.99. The first-order valence-corrected chi connectivity index (χ1v) is 12.2. The van der Waals surface area contributed by atoms with Crippen molar-refractivity contribution in [3.63, 3.8) is 0 Å². The second-order valence-corrected chi connectivity index (χ2v) is 10.3. The van der Waals surface area contributed by atoms with E-state index in [4.69, 9.17) is 9.84 Å². The van der Waals surface area contributed by atoms with Crippen LogP contribution in [0.2, 0.25) is 0 Å². The van der Waals surface area contributed by atoms with Gasteiger partial charge < -0.3 is 10.1 Å². The van der Waals surface area contributed by atoms with E-state index in [9.17, 15) is 9.59 Å². The molecule has 1 aromatic heterocycles. The van der Waals surface area contributed by atoms with Crippen LogP contribution in [0.15, 0.2) is 71.0 Å². The van der Waals surface area contributed by atoms with Crippen LogP contribution in [-0.2, 0) is 4.79 Å². The highest BCUT2D eigenvalue weighted by atomic mass is 32.2. The van der Waals surface area contributed by atoms with Crippen molar-refractivity contribution in [1.82, 2.24) is 14.8 Å². The Morgan fingerprint density at radius 3 is 2.59 bits per heavy atom. The van der Waals surface area contributed by atoms with Crippen LogP contribution in [0.4, 0.5) is 5.95 Å². The summed E-state index contributed by atoms with van der Waals surface area (Å²) in [7, 11) is 1.59. The largest absolute Gasteiger partial charge is 0.497 e. The first kappa shape index (κ1) is 22.4. The molecule has 0 saturated carbocycles. The molecular weight excluding hydrogens is 448 g/mol. The number of ketones is 2. The maximum atomic E-state index is 13.2. The van der Waals surface area contributed by atoms with Crippen LogP contribution in [0, 0.1) is 5.41 Å². The molecule has 7 nitrogen and oxygen atoms in total. The number of fused-ring (bicyclic) bond motifs is 1. The third kappa shape index (κ3) is 4.25. The summed E-state index contributed by atoms with van der Waals surface area (Å²) in [5.74, 6) is 1.64. The van der Waals surface area contributed by atoms with Crippen LogP contribution >= 0.6 is 11.8 Å². The summed E-state index contributed by atoms with van der Waals surface area (Å²) in [5.41, 5.74) is 3.16. The first-order valence-electron chi connectivity index (χ1n) is 11.2. The molecule has 2 aliphatic rings. The summed E-state index contributed by atoms with van der Waals surface area (Å²) in [6.45, 7) is 4.22. The summed E-state index contributed by atoms with van der Waals surface area (Å²) < 4.78 is 6.94. The van der Waals surface area contributed by atoms with Crippen LogP contribution in [0.5, 0.6) is 5.75 Å². The highest BCUT2D eigenvalue weighted by Gasteiger charge is 2.41. The van der Waals surface area contributed by atoms with Gasteiger partial charge in [-0.2, -0.15) is 4.98 Å². The monoisotopic (exact) mass is 474 g/mol. The molecular formula is C26H26N4O3S. The fourth-order valence-corrected chi connectivity index (χ4v) is 5.31. The Balaban J connectivity index is 1.43. The number of nitrogens with zero attached hydrogens (tertiary/aromatic N) is 3. The number of thioether (sulfide) groups is 1. The molecule has 2 aromatic carbocycles. The summed E-state index contributed by atoms with van der Waals surface area (Å²) in [5, 5.41) is 8.58. The molecule has 0 amide bonds. The molecule has 0 saturated heterocycles. The fourth-order valence-electron chi connectivity index (χ4n) is 4.58. The summed E-state index contributed by atoms with van der Waals surface area (Å²) in [6.07, 6.45) is 1.27. The molecule has 0 bridgehead atoms. The lowest BCUT2D eigenvalue weighted by Crippen LogP contribution is -2.36. The molecule has 0 fully saturated rings. The van der Waals surface area contributed by atoms with Gasteiger partial charge in [0.25, 0.3) is 0 Å². The molecule has 0 spiro atoms. The van der Waals surface area contributed by atoms with E-state index in [1.165, 1.54) is 11.8 Å². The number of benzene rings is 2. The Labute approximate surface area is 202 Å². The van der Waals surface area contributed by atoms with E-state index < -0.39 is 0 Å². The Bertz CT molecular complexity index is 1280. The number of rotatable bonds is 6. The summed E-state index contributed by atoms with van der Waals surface area (Å²) >= 11 is 1.29. The molecule has 0 radical (unpaired) electrons. The van der Waals surface area contributed by atoms with Crippen molar-refractivity contribution in [2.45, 2.75) is 37.9 Å². The minimum absolute atomic E-state index is 0.0117. The predicted octanol–water partition coefficient (Wildman–Crippen LogP) is 4.92. The molecule has 1 N–H and O–H groups in total. The molecule has 0 unspecified atom stereocenters. The maximum absolute atomic E-state index is 13.2. The number of hydrogen-bond donors (Lipinski definition) is 1. The van der Waals surface area contributed by atoms with Gasteiger partial charge in [0.05, 0.1) is 12.9 Å². The Morgan fingerprint density at radius 1 is 1.15 bits per heavy atom. The lowest BCUT2D eigenvalue weighted by molar-refractivity contribution is -0.118. The van der Waals surface area contributed by atoms with Crippen molar-refractivity contribution in [1.29, 1.82) is 0 Å². The van der Waals surface area contributed by atoms with E-state index in [-0.39, 0.29) is 28.8 Å². The summed E-state index contributed by atoms with van der Waals surface area (Å²) in [4.78, 5) is 30.6. The smallest absolute Gasteiger partial charge is 0.227 e. The first-order chi connectivity index (χ1) is 16.3. The summed E-state index contributed by atoms with van der Waals surface area (Å²) in [6, 6.07) is 16.6. The SMILES string of the molecule is COc1ccc(C(=O)CSc2nc3n(n2)[C@H](c2ccccc2)C2=C(CC(C)(C)CC2=O)N3)cc1. The highest BCUT2D eigenvalue weighted by Crippen LogP contribution is 2.45. The van der Waals surface area contributed by atoms with Gasteiger partial charge in [0.1, 0.15) is 11.8 Å². The van der Waals surface area contributed by atoms with E-state index in [1.807, 2.05) is 30.3 Å². The minimum Gasteiger partial charge on any atom is -0.497 e. The maximum Gasteiger partial charge on any atom is 0.227 e. The van der Waals surface area contributed by atoms with Crippen molar-refractivity contribution in [2.24, 2.45) is 5.41 Å². The quantitative estimate of drug-likeness (QED) is 0.401. The molecule has 174 valence electrons. The van der Waals surface area contributed by atoms with Gasteiger partial charge >= 0.3 is 0 Å². The Kier molecular flexibility index (Phi) is 5.77. The fraction of sp³-hybridized carbons (Fsp3) is 0.308. The number of hydrogen-bond acceptors (Lipinski definition) is 7. The molecule has 3 aromatic rings. The van der Waals surface area contributed by atoms with Crippen molar-refractivity contribution in [3.8, 4) is 5.75 Å². The standard InChI is InChI=1S/C26H26N4O3S/c1-26(2)13-19-22(20(31)14-26)23(17-7-5-4-6-8-17)30-24(27-19)28-25(29-30)34-15-21(32)16-9-11-18(33-3)12-10-16/h4-12,23H,13-15H2,1-3H3,(H,27,28,29)/t23-/m1/s1. The average Bonchev–Trinajstić information content (AvgIpc) is 3.23. The van der Waals surface area contributed by atoms with Gasteiger partial charge in [0.15, 0.2) is 11.6 Å². The van der Waals surface area contributed by atoms with Crippen LogP contribution in [0.1, 0.15) is 48.7 Å². The Hall–Kier alpha value is -3.39. The van der Waals surface area contributed by atoms with Crippen molar-refractivity contribution >= 4 is 29.3 Å².